The second-order valence-electron chi connectivity index (χ2n) is 4.28. The summed E-state index contributed by atoms with van der Waals surface area (Å²) in [4.78, 5) is 4.90. The number of hydrogen-bond acceptors (Lipinski definition) is 4. The van der Waals surface area contributed by atoms with Crippen LogP contribution in [-0.2, 0) is 11.4 Å². The van der Waals surface area contributed by atoms with Gasteiger partial charge in [-0.25, -0.2) is 0 Å². The molecule has 0 saturated carbocycles. The molecule has 0 aromatic heterocycles. The third-order valence-corrected chi connectivity index (χ3v) is 5.34. The van der Waals surface area contributed by atoms with Crippen molar-refractivity contribution in [1.82, 2.24) is 0 Å². The number of rotatable bonds is 3. The van der Waals surface area contributed by atoms with Gasteiger partial charge in [-0.05, 0) is 35.6 Å². The van der Waals surface area contributed by atoms with E-state index >= 15 is 0 Å². The second-order valence-corrected chi connectivity index (χ2v) is 6.63. The molecular formula is C13H12N4OS2. The zero-order chi connectivity index (χ0) is 13.9. The summed E-state index contributed by atoms with van der Waals surface area (Å²) < 4.78 is 14.3. The number of nitrogens with zero attached hydrogens (tertiary/aromatic N) is 4. The van der Waals surface area contributed by atoms with Gasteiger partial charge in [0.1, 0.15) is 11.4 Å². The molecule has 0 fully saturated rings. The topological polar surface area (TPSA) is 75.1 Å². The molecule has 5 nitrogen and oxygen atoms in total. The number of azide groups is 1. The second kappa shape index (κ2) is 5.85. The van der Waals surface area contributed by atoms with Gasteiger partial charge in [0.2, 0.25) is 5.88 Å². The number of para-hydroxylation sites is 1. The molecule has 0 radical (unpaired) electrons. The Balaban J connectivity index is 2.05. The summed E-state index contributed by atoms with van der Waals surface area (Å²) in [5.74, 6) is -0.0554. The van der Waals surface area contributed by atoms with E-state index in [0.717, 1.165) is 34.0 Å². The van der Waals surface area contributed by atoms with Crippen molar-refractivity contribution in [2.24, 2.45) is 5.11 Å². The monoisotopic (exact) mass is 304 g/mol. The van der Waals surface area contributed by atoms with Gasteiger partial charge in [-0.3, -0.25) is 0 Å². The van der Waals surface area contributed by atoms with Crippen molar-refractivity contribution in [2.75, 3.05) is 10.2 Å². The number of fused-ring (bicyclic) bond motifs is 2. The molecule has 102 valence electrons. The molecule has 1 aliphatic carbocycles. The van der Waals surface area contributed by atoms with Crippen LogP contribution in [0.5, 0.6) is 0 Å². The number of thioether (sulfide) groups is 1. The molecule has 1 aromatic carbocycles. The maximum absolute atomic E-state index is 12.5. The third-order valence-electron chi connectivity index (χ3n) is 3.04. The molecule has 7 heteroatoms. The first-order valence-electron chi connectivity index (χ1n) is 6.18. The molecule has 0 saturated heterocycles. The van der Waals surface area contributed by atoms with Gasteiger partial charge in [0.25, 0.3) is 0 Å². The smallest absolute Gasteiger partial charge is 0.210 e. The zero-order valence-electron chi connectivity index (χ0n) is 10.6. The minimum Gasteiger partial charge on any atom is -0.593 e. The SMILES string of the molecule is [N-]=[N+]=NC[S+]([O-])N1C2=CCCC=C2Sc2ccccc21. The van der Waals surface area contributed by atoms with E-state index in [1.54, 1.807) is 16.1 Å². The fraction of sp³-hybridized carbons (Fsp3) is 0.231. The summed E-state index contributed by atoms with van der Waals surface area (Å²) in [5, 5.41) is 3.44. The summed E-state index contributed by atoms with van der Waals surface area (Å²) in [6.45, 7) is 0. The molecule has 0 N–H and O–H groups in total. The predicted molar refractivity (Wildman–Crippen MR) is 82.3 cm³/mol. The van der Waals surface area contributed by atoms with Gasteiger partial charge in [-0.2, -0.15) is 4.31 Å². The summed E-state index contributed by atoms with van der Waals surface area (Å²) in [6.07, 6.45) is 6.22. The Morgan fingerprint density at radius 3 is 3.00 bits per heavy atom. The fourth-order valence-corrected chi connectivity index (χ4v) is 4.51. The van der Waals surface area contributed by atoms with E-state index in [2.05, 4.69) is 22.2 Å². The van der Waals surface area contributed by atoms with Crippen LogP contribution < -0.4 is 4.31 Å². The highest BCUT2D eigenvalue weighted by atomic mass is 32.2. The van der Waals surface area contributed by atoms with Crippen LogP contribution >= 0.6 is 11.8 Å². The highest BCUT2D eigenvalue weighted by Gasteiger charge is 2.34. The number of anilines is 1. The minimum absolute atomic E-state index is 0.0554. The first-order valence-corrected chi connectivity index (χ1v) is 8.27. The van der Waals surface area contributed by atoms with Crippen LogP contribution in [0.1, 0.15) is 12.8 Å². The van der Waals surface area contributed by atoms with Gasteiger partial charge in [0.15, 0.2) is 0 Å². The summed E-state index contributed by atoms with van der Waals surface area (Å²) in [5.41, 5.74) is 10.3. The van der Waals surface area contributed by atoms with Crippen LogP contribution in [0.2, 0.25) is 0 Å². The Labute approximate surface area is 124 Å². The lowest BCUT2D eigenvalue weighted by Crippen LogP contribution is -2.34. The van der Waals surface area contributed by atoms with Gasteiger partial charge in [0, 0.05) is 14.7 Å². The Hall–Kier alpha value is -1.53. The van der Waals surface area contributed by atoms with Crippen LogP contribution in [0, 0.1) is 0 Å². The van der Waals surface area contributed by atoms with Crippen LogP contribution in [0.25, 0.3) is 10.4 Å². The highest BCUT2D eigenvalue weighted by Crippen LogP contribution is 2.48. The zero-order valence-corrected chi connectivity index (χ0v) is 12.2. The van der Waals surface area contributed by atoms with E-state index in [1.165, 1.54) is 0 Å². The van der Waals surface area contributed by atoms with Gasteiger partial charge >= 0.3 is 0 Å². The van der Waals surface area contributed by atoms with E-state index in [0.29, 0.717) is 0 Å². The van der Waals surface area contributed by atoms with Gasteiger partial charge in [-0.15, -0.1) is 0 Å². The molecule has 1 atom stereocenters. The largest absolute Gasteiger partial charge is 0.593 e. The molecule has 2 aliphatic rings. The average molecular weight is 304 g/mol. The van der Waals surface area contributed by atoms with Crippen molar-refractivity contribution < 1.29 is 4.55 Å². The highest BCUT2D eigenvalue weighted by molar-refractivity contribution is 8.04. The first-order chi connectivity index (χ1) is 9.81. The average Bonchev–Trinajstić information content (AvgIpc) is 2.50. The number of allylic oxidation sites excluding steroid dienone is 2. The molecule has 1 aliphatic heterocycles. The number of benzene rings is 1. The Kier molecular flexibility index (Phi) is 3.93. The molecular weight excluding hydrogens is 292 g/mol. The Bertz CT molecular complexity index is 637. The van der Waals surface area contributed by atoms with Crippen LogP contribution in [0.4, 0.5) is 5.69 Å². The van der Waals surface area contributed by atoms with E-state index < -0.39 is 11.4 Å². The Morgan fingerprint density at radius 1 is 1.35 bits per heavy atom. The summed E-state index contributed by atoms with van der Waals surface area (Å²) >= 11 is 0.304. The van der Waals surface area contributed by atoms with E-state index in [-0.39, 0.29) is 5.88 Å². The lowest BCUT2D eigenvalue weighted by molar-refractivity contribution is 0.593. The van der Waals surface area contributed by atoms with Crippen molar-refractivity contribution >= 4 is 28.8 Å². The van der Waals surface area contributed by atoms with E-state index in [1.807, 2.05) is 24.3 Å². The van der Waals surface area contributed by atoms with Gasteiger partial charge in [0.05, 0.1) is 11.4 Å². The molecule has 1 unspecified atom stereocenters. The van der Waals surface area contributed by atoms with Crippen molar-refractivity contribution in [3.63, 3.8) is 0 Å². The lowest BCUT2D eigenvalue weighted by atomic mass is 10.1. The minimum atomic E-state index is -1.40. The first kappa shape index (κ1) is 13.5. The number of hydrogen-bond donors (Lipinski definition) is 0. The third kappa shape index (κ3) is 2.41. The predicted octanol–water partition coefficient (Wildman–Crippen LogP) is 4.09. The molecule has 20 heavy (non-hydrogen) atoms. The molecule has 0 amide bonds. The summed E-state index contributed by atoms with van der Waals surface area (Å²) in [6, 6.07) is 7.86. The van der Waals surface area contributed by atoms with Crippen molar-refractivity contribution in [1.29, 1.82) is 0 Å². The Morgan fingerprint density at radius 2 is 2.15 bits per heavy atom. The van der Waals surface area contributed by atoms with Crippen molar-refractivity contribution in [2.45, 2.75) is 17.7 Å². The van der Waals surface area contributed by atoms with Crippen LogP contribution in [0.3, 0.4) is 0 Å². The standard InChI is InChI=1S/C13H12N4OS2/c14-16-15-9-20(18)17-10-5-1-3-7-12(10)19-13-8-4-2-6-11(13)17/h1,3,5-8H,2,4,9H2. The molecule has 0 spiro atoms. The molecule has 0 bridgehead atoms. The van der Waals surface area contributed by atoms with E-state index in [9.17, 15) is 4.55 Å². The summed E-state index contributed by atoms with van der Waals surface area (Å²) in [7, 11) is 0. The molecule has 3 rings (SSSR count). The fourth-order valence-electron chi connectivity index (χ4n) is 2.23. The maximum atomic E-state index is 12.5. The lowest BCUT2D eigenvalue weighted by Gasteiger charge is -2.34. The van der Waals surface area contributed by atoms with Crippen molar-refractivity contribution in [3.8, 4) is 0 Å². The van der Waals surface area contributed by atoms with Crippen molar-refractivity contribution in [3.05, 3.63) is 57.5 Å². The molecule has 1 heterocycles. The van der Waals surface area contributed by atoms with Gasteiger partial charge < -0.3 is 4.55 Å². The molecule has 1 aromatic rings. The van der Waals surface area contributed by atoms with E-state index in [4.69, 9.17) is 5.53 Å². The van der Waals surface area contributed by atoms with Crippen LogP contribution in [-0.4, -0.2) is 10.4 Å². The van der Waals surface area contributed by atoms with Crippen LogP contribution in [0.15, 0.2) is 57.0 Å². The normalized spacial score (nSPS) is 18.1. The van der Waals surface area contributed by atoms with Gasteiger partial charge in [-0.1, -0.05) is 36.0 Å². The quantitative estimate of drug-likeness (QED) is 0.365. The maximum Gasteiger partial charge on any atom is 0.210 e.